The van der Waals surface area contributed by atoms with Crippen LogP contribution in [0.1, 0.15) is 12.0 Å². The number of aliphatic hydroxyl groups is 1. The van der Waals surface area contributed by atoms with Crippen LogP contribution in [-0.2, 0) is 20.7 Å². The van der Waals surface area contributed by atoms with Crippen molar-refractivity contribution in [2.45, 2.75) is 25.0 Å². The van der Waals surface area contributed by atoms with E-state index in [9.17, 15) is 4.79 Å². The number of nitrogens with one attached hydrogen (secondary N) is 1. The van der Waals surface area contributed by atoms with Gasteiger partial charge in [0.2, 0.25) is 5.91 Å². The maximum atomic E-state index is 11.9. The fourth-order valence-electron chi connectivity index (χ4n) is 2.09. The van der Waals surface area contributed by atoms with Crippen molar-refractivity contribution in [1.29, 1.82) is 0 Å². The van der Waals surface area contributed by atoms with E-state index in [0.29, 0.717) is 26.2 Å². The van der Waals surface area contributed by atoms with E-state index in [0.717, 1.165) is 12.0 Å². The lowest BCUT2D eigenvalue weighted by Gasteiger charge is -2.32. The lowest BCUT2D eigenvalue weighted by molar-refractivity contribution is -0.125. The van der Waals surface area contributed by atoms with Crippen molar-refractivity contribution in [2.75, 3.05) is 26.4 Å². The number of hydrogen-bond acceptors (Lipinski definition) is 5. The molecule has 1 saturated heterocycles. The number of thiophene rings is 1. The third kappa shape index (κ3) is 4.58. The van der Waals surface area contributed by atoms with Crippen molar-refractivity contribution in [3.8, 4) is 0 Å². The molecule has 2 heterocycles. The van der Waals surface area contributed by atoms with Crippen LogP contribution in [0.2, 0.25) is 0 Å². The van der Waals surface area contributed by atoms with E-state index in [2.05, 4.69) is 5.32 Å². The van der Waals surface area contributed by atoms with Gasteiger partial charge in [-0.1, -0.05) is 0 Å². The predicted molar refractivity (Wildman–Crippen MR) is 72.2 cm³/mol. The van der Waals surface area contributed by atoms with E-state index in [-0.39, 0.29) is 24.7 Å². The minimum atomic E-state index is -0.133. The molecule has 106 valence electrons. The Morgan fingerprint density at radius 3 is 3.26 bits per heavy atom. The number of hydrogen-bond donors (Lipinski definition) is 2. The van der Waals surface area contributed by atoms with Gasteiger partial charge in [-0.25, -0.2) is 0 Å². The maximum Gasteiger partial charge on any atom is 0.224 e. The van der Waals surface area contributed by atoms with Crippen LogP contribution in [0.5, 0.6) is 0 Å². The van der Waals surface area contributed by atoms with Gasteiger partial charge in [0.05, 0.1) is 38.4 Å². The highest BCUT2D eigenvalue weighted by Gasteiger charge is 2.27. The molecule has 2 N–H and O–H groups in total. The zero-order valence-electron chi connectivity index (χ0n) is 10.7. The van der Waals surface area contributed by atoms with E-state index >= 15 is 0 Å². The lowest BCUT2D eigenvalue weighted by atomic mass is 10.1. The van der Waals surface area contributed by atoms with Crippen molar-refractivity contribution < 1.29 is 19.4 Å². The zero-order chi connectivity index (χ0) is 13.5. The van der Waals surface area contributed by atoms with Crippen molar-refractivity contribution in [3.05, 3.63) is 22.4 Å². The van der Waals surface area contributed by atoms with E-state index in [1.807, 2.05) is 16.8 Å². The second kappa shape index (κ2) is 7.59. The molecular formula is C13H19NO4S. The first-order valence-corrected chi connectivity index (χ1v) is 7.34. The Bertz CT molecular complexity index is 382. The average molecular weight is 285 g/mol. The summed E-state index contributed by atoms with van der Waals surface area (Å²) in [6, 6.07) is 1.81. The Hall–Kier alpha value is -0.950. The van der Waals surface area contributed by atoms with Crippen LogP contribution in [-0.4, -0.2) is 49.6 Å². The topological polar surface area (TPSA) is 67.8 Å². The third-order valence-corrected chi connectivity index (χ3v) is 3.74. The molecule has 19 heavy (non-hydrogen) atoms. The van der Waals surface area contributed by atoms with Gasteiger partial charge in [0.1, 0.15) is 0 Å². The molecule has 2 rings (SSSR count). The van der Waals surface area contributed by atoms with Crippen LogP contribution in [0.15, 0.2) is 16.8 Å². The number of rotatable bonds is 6. The third-order valence-electron chi connectivity index (χ3n) is 3.01. The number of ether oxygens (including phenoxy) is 2. The van der Waals surface area contributed by atoms with Gasteiger partial charge in [-0.2, -0.15) is 11.3 Å². The molecule has 1 aromatic rings. The molecule has 1 aliphatic rings. The van der Waals surface area contributed by atoms with Gasteiger partial charge in [-0.05, 0) is 28.8 Å². The molecule has 0 bridgehead atoms. The number of aliphatic hydroxyl groups excluding tert-OH is 1. The molecule has 0 radical (unpaired) electrons. The quantitative estimate of drug-likeness (QED) is 0.802. The zero-order valence-corrected chi connectivity index (χ0v) is 11.5. The highest BCUT2D eigenvalue weighted by atomic mass is 32.1. The Kier molecular flexibility index (Phi) is 5.78. The van der Waals surface area contributed by atoms with E-state index < -0.39 is 0 Å². The second-order valence-corrected chi connectivity index (χ2v) is 5.26. The van der Waals surface area contributed by atoms with E-state index in [4.69, 9.17) is 14.6 Å². The molecule has 1 aromatic heterocycles. The summed E-state index contributed by atoms with van der Waals surface area (Å²) < 4.78 is 10.9. The maximum absolute atomic E-state index is 11.9. The summed E-state index contributed by atoms with van der Waals surface area (Å²) in [6.07, 6.45) is 1.04. The van der Waals surface area contributed by atoms with Crippen LogP contribution in [0.4, 0.5) is 0 Å². The average Bonchev–Trinajstić information content (AvgIpc) is 2.90. The largest absolute Gasteiger partial charge is 0.394 e. The van der Waals surface area contributed by atoms with Gasteiger partial charge in [-0.3, -0.25) is 4.79 Å². The Morgan fingerprint density at radius 2 is 2.53 bits per heavy atom. The summed E-state index contributed by atoms with van der Waals surface area (Å²) in [6.45, 7) is 1.38. The first-order chi connectivity index (χ1) is 9.29. The van der Waals surface area contributed by atoms with E-state index in [1.54, 1.807) is 11.3 Å². The van der Waals surface area contributed by atoms with Crippen LogP contribution in [0, 0.1) is 0 Å². The Labute approximate surface area is 116 Å². The Morgan fingerprint density at radius 1 is 1.63 bits per heavy atom. The molecule has 5 nitrogen and oxygen atoms in total. The lowest BCUT2D eigenvalue weighted by Crippen LogP contribution is -2.51. The van der Waals surface area contributed by atoms with Crippen LogP contribution in [0.3, 0.4) is 0 Å². The predicted octanol–water partition coefficient (Wildman–Crippen LogP) is 0.573. The Balaban J connectivity index is 1.82. The highest BCUT2D eigenvalue weighted by Crippen LogP contribution is 2.13. The molecule has 0 spiro atoms. The SMILES string of the molecule is O=C(Cc1ccsc1)N[C@@H]1COCC[C@@H]1OCCO. The summed E-state index contributed by atoms with van der Waals surface area (Å²) in [5, 5.41) is 15.7. The summed E-state index contributed by atoms with van der Waals surface area (Å²) in [7, 11) is 0. The standard InChI is InChI=1S/C13H19NO4S/c15-3-5-18-12-1-4-17-8-11(12)14-13(16)7-10-2-6-19-9-10/h2,6,9,11-12,15H,1,3-5,7-8H2,(H,14,16)/t11-,12+/m1/s1. The number of amides is 1. The van der Waals surface area contributed by atoms with Crippen molar-refractivity contribution >= 4 is 17.2 Å². The van der Waals surface area contributed by atoms with Gasteiger partial charge in [-0.15, -0.1) is 0 Å². The van der Waals surface area contributed by atoms with Crippen molar-refractivity contribution in [1.82, 2.24) is 5.32 Å². The molecular weight excluding hydrogens is 266 g/mol. The second-order valence-electron chi connectivity index (χ2n) is 4.48. The molecule has 2 atom stereocenters. The molecule has 0 saturated carbocycles. The van der Waals surface area contributed by atoms with Crippen molar-refractivity contribution in [2.24, 2.45) is 0 Å². The fraction of sp³-hybridized carbons (Fsp3) is 0.615. The number of carbonyl (C=O) groups excluding carboxylic acids is 1. The molecule has 1 fully saturated rings. The number of carbonyl (C=O) groups is 1. The van der Waals surface area contributed by atoms with Gasteiger partial charge in [0, 0.05) is 6.61 Å². The van der Waals surface area contributed by atoms with Crippen LogP contribution >= 0.6 is 11.3 Å². The normalized spacial score (nSPS) is 23.2. The minimum absolute atomic E-state index is 0.00702. The van der Waals surface area contributed by atoms with Gasteiger partial charge < -0.3 is 19.9 Å². The molecule has 0 aromatic carbocycles. The van der Waals surface area contributed by atoms with Crippen LogP contribution in [0.25, 0.3) is 0 Å². The summed E-state index contributed by atoms with van der Waals surface area (Å²) >= 11 is 1.58. The monoisotopic (exact) mass is 285 g/mol. The summed E-state index contributed by atoms with van der Waals surface area (Å²) in [5.41, 5.74) is 1.02. The molecule has 6 heteroatoms. The molecule has 1 amide bonds. The summed E-state index contributed by atoms with van der Waals surface area (Å²) in [5.74, 6) is -0.0218. The highest BCUT2D eigenvalue weighted by molar-refractivity contribution is 7.07. The first kappa shape index (κ1) is 14.5. The smallest absolute Gasteiger partial charge is 0.224 e. The van der Waals surface area contributed by atoms with Gasteiger partial charge in [0.25, 0.3) is 0 Å². The molecule has 0 aliphatic carbocycles. The van der Waals surface area contributed by atoms with Gasteiger partial charge in [0.15, 0.2) is 0 Å². The first-order valence-electron chi connectivity index (χ1n) is 6.40. The fourth-order valence-corrected chi connectivity index (χ4v) is 2.76. The summed E-state index contributed by atoms with van der Waals surface area (Å²) in [4.78, 5) is 11.9. The van der Waals surface area contributed by atoms with Crippen LogP contribution < -0.4 is 5.32 Å². The minimum Gasteiger partial charge on any atom is -0.394 e. The molecule has 0 unspecified atom stereocenters. The van der Waals surface area contributed by atoms with Crippen molar-refractivity contribution in [3.63, 3.8) is 0 Å². The molecule has 1 aliphatic heterocycles. The van der Waals surface area contributed by atoms with Gasteiger partial charge >= 0.3 is 0 Å². The van der Waals surface area contributed by atoms with E-state index in [1.165, 1.54) is 0 Å².